The number of unbranched alkanes of at least 4 members (excludes halogenated alkanes) is 4. The van der Waals surface area contributed by atoms with Gasteiger partial charge >= 0.3 is 0 Å². The zero-order valence-corrected chi connectivity index (χ0v) is 11.8. The molecule has 0 aromatic rings. The lowest BCUT2D eigenvalue weighted by Crippen LogP contribution is -2.27. The fourth-order valence-electron chi connectivity index (χ4n) is 2.58. The topological polar surface area (TPSA) is 41.5 Å². The van der Waals surface area contributed by atoms with Crippen LogP contribution in [0.4, 0.5) is 0 Å². The van der Waals surface area contributed by atoms with E-state index in [-0.39, 0.29) is 0 Å². The Morgan fingerprint density at radius 3 is 2.22 bits per heavy atom. The van der Waals surface area contributed by atoms with Gasteiger partial charge in [-0.1, -0.05) is 19.3 Å². The second-order valence-corrected chi connectivity index (χ2v) is 5.44. The molecule has 1 fully saturated rings. The number of rotatable bonds is 11. The van der Waals surface area contributed by atoms with Crippen LogP contribution in [0.3, 0.4) is 0 Å². The molecule has 108 valence electrons. The Morgan fingerprint density at radius 2 is 1.56 bits per heavy atom. The highest BCUT2D eigenvalue weighted by Crippen LogP contribution is 2.19. The Hall–Kier alpha value is -0.120. The summed E-state index contributed by atoms with van der Waals surface area (Å²) in [6.07, 6.45) is 11.2. The number of aliphatic hydroxyl groups excluding tert-OH is 1. The molecule has 0 radical (unpaired) electrons. The summed E-state index contributed by atoms with van der Waals surface area (Å²) in [5.74, 6) is 0.977. The van der Waals surface area contributed by atoms with Gasteiger partial charge in [-0.25, -0.2) is 0 Å². The molecule has 0 aromatic carbocycles. The molecule has 1 heterocycles. The molecule has 0 aliphatic carbocycles. The van der Waals surface area contributed by atoms with E-state index in [1.807, 2.05) is 0 Å². The van der Waals surface area contributed by atoms with Crippen LogP contribution in [-0.2, 0) is 4.74 Å². The molecule has 0 aromatic heterocycles. The minimum absolute atomic E-state index is 0.316. The summed E-state index contributed by atoms with van der Waals surface area (Å²) in [6, 6.07) is 0. The summed E-state index contributed by atoms with van der Waals surface area (Å²) in [5, 5.41) is 12.0. The molecule has 18 heavy (non-hydrogen) atoms. The number of ether oxygens (including phenoxy) is 1. The maximum Gasteiger partial charge on any atom is 0.0466 e. The normalized spacial score (nSPS) is 17.2. The van der Waals surface area contributed by atoms with Crippen molar-refractivity contribution in [2.75, 3.05) is 32.9 Å². The van der Waals surface area contributed by atoms with E-state index in [9.17, 15) is 0 Å². The first-order valence-electron chi connectivity index (χ1n) is 7.83. The molecule has 3 heteroatoms. The van der Waals surface area contributed by atoms with Gasteiger partial charge in [-0.05, 0) is 57.5 Å². The monoisotopic (exact) mass is 257 g/mol. The molecule has 1 aliphatic rings. The molecule has 1 aliphatic heterocycles. The third-order valence-corrected chi connectivity index (χ3v) is 3.81. The number of hydrogen-bond acceptors (Lipinski definition) is 3. The van der Waals surface area contributed by atoms with E-state index < -0.39 is 0 Å². The van der Waals surface area contributed by atoms with Crippen LogP contribution < -0.4 is 5.32 Å². The Balaban J connectivity index is 1.73. The van der Waals surface area contributed by atoms with E-state index in [0.29, 0.717) is 6.61 Å². The van der Waals surface area contributed by atoms with Crippen molar-refractivity contribution in [3.05, 3.63) is 0 Å². The molecule has 0 saturated carbocycles. The van der Waals surface area contributed by atoms with Gasteiger partial charge in [0.2, 0.25) is 0 Å². The lowest BCUT2D eigenvalue weighted by Gasteiger charge is -2.22. The van der Waals surface area contributed by atoms with Crippen molar-refractivity contribution in [3.63, 3.8) is 0 Å². The quantitative estimate of drug-likeness (QED) is 0.559. The van der Waals surface area contributed by atoms with Crippen molar-refractivity contribution in [3.8, 4) is 0 Å². The van der Waals surface area contributed by atoms with Crippen LogP contribution in [0.1, 0.15) is 57.8 Å². The third kappa shape index (κ3) is 8.90. The lowest BCUT2D eigenvalue weighted by atomic mass is 9.92. The highest BCUT2D eigenvalue weighted by molar-refractivity contribution is 4.68. The van der Waals surface area contributed by atoms with E-state index in [2.05, 4.69) is 5.32 Å². The predicted molar refractivity (Wildman–Crippen MR) is 75.8 cm³/mol. The Kier molecular flexibility index (Phi) is 10.6. The minimum atomic E-state index is 0.316. The number of aliphatic hydroxyl groups is 1. The van der Waals surface area contributed by atoms with Gasteiger partial charge < -0.3 is 15.2 Å². The van der Waals surface area contributed by atoms with Crippen molar-refractivity contribution in [1.82, 2.24) is 5.32 Å². The zero-order valence-electron chi connectivity index (χ0n) is 11.8. The average molecular weight is 257 g/mol. The van der Waals surface area contributed by atoms with Crippen molar-refractivity contribution < 1.29 is 9.84 Å². The van der Waals surface area contributed by atoms with Crippen molar-refractivity contribution in [2.24, 2.45) is 5.92 Å². The summed E-state index contributed by atoms with van der Waals surface area (Å²) in [6.45, 7) is 4.56. The molecule has 0 spiro atoms. The number of nitrogens with one attached hydrogen (secondary N) is 1. The third-order valence-electron chi connectivity index (χ3n) is 3.81. The van der Waals surface area contributed by atoms with E-state index in [1.54, 1.807) is 0 Å². The first-order chi connectivity index (χ1) is 8.93. The molecule has 1 rings (SSSR count). The smallest absolute Gasteiger partial charge is 0.0466 e. The van der Waals surface area contributed by atoms with E-state index >= 15 is 0 Å². The van der Waals surface area contributed by atoms with Gasteiger partial charge in [0.15, 0.2) is 0 Å². The van der Waals surface area contributed by atoms with Gasteiger partial charge in [0.05, 0.1) is 0 Å². The van der Waals surface area contributed by atoms with Gasteiger partial charge in [0, 0.05) is 19.8 Å². The van der Waals surface area contributed by atoms with Crippen LogP contribution in [0.2, 0.25) is 0 Å². The minimum Gasteiger partial charge on any atom is -0.396 e. The van der Waals surface area contributed by atoms with Gasteiger partial charge in [-0.2, -0.15) is 0 Å². The summed E-state index contributed by atoms with van der Waals surface area (Å²) in [7, 11) is 0. The first-order valence-corrected chi connectivity index (χ1v) is 7.83. The Morgan fingerprint density at radius 1 is 0.889 bits per heavy atom. The average Bonchev–Trinajstić information content (AvgIpc) is 2.42. The van der Waals surface area contributed by atoms with Crippen molar-refractivity contribution >= 4 is 0 Å². The maximum absolute atomic E-state index is 8.63. The molecule has 0 amide bonds. The molecule has 0 bridgehead atoms. The molecule has 0 atom stereocenters. The van der Waals surface area contributed by atoms with Crippen molar-refractivity contribution in [2.45, 2.75) is 57.8 Å². The van der Waals surface area contributed by atoms with E-state index in [1.165, 1.54) is 51.6 Å². The van der Waals surface area contributed by atoms with Gasteiger partial charge in [-0.15, -0.1) is 0 Å². The predicted octanol–water partition coefficient (Wildman–Crippen LogP) is 2.73. The van der Waals surface area contributed by atoms with E-state index in [0.717, 1.165) is 38.4 Å². The summed E-state index contributed by atoms with van der Waals surface area (Å²) in [4.78, 5) is 0. The number of piperidine rings is 1. The lowest BCUT2D eigenvalue weighted by molar-refractivity contribution is 0.124. The van der Waals surface area contributed by atoms with Crippen LogP contribution in [-0.4, -0.2) is 38.0 Å². The number of hydrogen-bond donors (Lipinski definition) is 2. The largest absolute Gasteiger partial charge is 0.396 e. The zero-order chi connectivity index (χ0) is 12.9. The molecule has 0 unspecified atom stereocenters. The van der Waals surface area contributed by atoms with Crippen molar-refractivity contribution in [1.29, 1.82) is 0 Å². The molecular weight excluding hydrogens is 226 g/mol. The second kappa shape index (κ2) is 11.9. The SMILES string of the molecule is OCCCCCOCCCCCC1CCNCC1. The van der Waals surface area contributed by atoms with Crippen LogP contribution in [0.15, 0.2) is 0 Å². The first kappa shape index (κ1) is 15.9. The molecule has 3 nitrogen and oxygen atoms in total. The summed E-state index contributed by atoms with van der Waals surface area (Å²) < 4.78 is 5.58. The molecule has 1 saturated heterocycles. The summed E-state index contributed by atoms with van der Waals surface area (Å²) in [5.41, 5.74) is 0. The standard InChI is InChI=1S/C15H31NO2/c17-12-4-2-6-14-18-13-5-1-3-7-15-8-10-16-11-9-15/h15-17H,1-14H2. The maximum atomic E-state index is 8.63. The van der Waals surface area contributed by atoms with Crippen LogP contribution in [0.25, 0.3) is 0 Å². The van der Waals surface area contributed by atoms with E-state index in [4.69, 9.17) is 9.84 Å². The van der Waals surface area contributed by atoms with Gasteiger partial charge in [-0.3, -0.25) is 0 Å². The van der Waals surface area contributed by atoms with Crippen LogP contribution >= 0.6 is 0 Å². The Bertz CT molecular complexity index is 170. The van der Waals surface area contributed by atoms with Gasteiger partial charge in [0.25, 0.3) is 0 Å². The molecule has 2 N–H and O–H groups in total. The van der Waals surface area contributed by atoms with Gasteiger partial charge in [0.1, 0.15) is 0 Å². The second-order valence-electron chi connectivity index (χ2n) is 5.44. The van der Waals surface area contributed by atoms with Crippen LogP contribution in [0, 0.1) is 5.92 Å². The fourth-order valence-corrected chi connectivity index (χ4v) is 2.58. The highest BCUT2D eigenvalue weighted by atomic mass is 16.5. The summed E-state index contributed by atoms with van der Waals surface area (Å²) >= 11 is 0. The molecular formula is C15H31NO2. The van der Waals surface area contributed by atoms with Crippen LogP contribution in [0.5, 0.6) is 0 Å². The Labute approximate surface area is 112 Å². The fraction of sp³-hybridized carbons (Fsp3) is 1.00. The highest BCUT2D eigenvalue weighted by Gasteiger charge is 2.11.